The first-order chi connectivity index (χ1) is 7.41. The minimum Gasteiger partial charge on any atom is -0.361 e. The molecule has 0 bridgehead atoms. The van der Waals surface area contributed by atoms with Crippen molar-refractivity contribution < 1.29 is 4.52 Å². The smallest absolute Gasteiger partial charge is 0.142 e. The third kappa shape index (κ3) is 5.94. The molecule has 0 saturated carbocycles. The summed E-state index contributed by atoms with van der Waals surface area (Å²) < 4.78 is 5.24. The molecule has 2 heteroatoms. The molecule has 0 aliphatic rings. The highest BCUT2D eigenvalue weighted by Gasteiger charge is 2.20. The lowest BCUT2D eigenvalue weighted by Gasteiger charge is -2.12. The molecule has 1 rings (SSSR count). The summed E-state index contributed by atoms with van der Waals surface area (Å²) in [5, 5.41) is 4.01. The molecule has 0 unspecified atom stereocenters. The van der Waals surface area contributed by atoms with Gasteiger partial charge in [-0.05, 0) is 5.92 Å². The van der Waals surface area contributed by atoms with Crippen molar-refractivity contribution in [2.45, 2.75) is 73.6 Å². The second-order valence-electron chi connectivity index (χ2n) is 4.52. The van der Waals surface area contributed by atoms with Crippen LogP contribution in [0.1, 0.15) is 79.7 Å². The minimum absolute atomic E-state index is 0.0696. The van der Waals surface area contributed by atoms with Crippen molar-refractivity contribution in [3.8, 4) is 0 Å². The van der Waals surface area contributed by atoms with Crippen molar-refractivity contribution in [1.29, 1.82) is 0 Å². The molecule has 0 spiro atoms. The molecule has 0 radical (unpaired) electrons. The summed E-state index contributed by atoms with van der Waals surface area (Å²) in [7, 11) is 0. The third-order valence-corrected chi connectivity index (χ3v) is 1.86. The van der Waals surface area contributed by atoms with Crippen molar-refractivity contribution in [1.82, 2.24) is 5.16 Å². The van der Waals surface area contributed by atoms with Gasteiger partial charge in [0.1, 0.15) is 5.76 Å². The second-order valence-corrected chi connectivity index (χ2v) is 4.52. The Morgan fingerprint density at radius 1 is 1.06 bits per heavy atom. The van der Waals surface area contributed by atoms with Crippen molar-refractivity contribution in [2.75, 3.05) is 0 Å². The fraction of sp³-hybridized carbons (Fsp3) is 0.786. The summed E-state index contributed by atoms with van der Waals surface area (Å²) in [5.74, 6) is 1.41. The summed E-state index contributed by atoms with van der Waals surface area (Å²) in [6.45, 7) is 18.6. The molecule has 1 aromatic rings. The first kappa shape index (κ1) is 17.6. The minimum atomic E-state index is 0.0696. The van der Waals surface area contributed by atoms with E-state index in [1.54, 1.807) is 0 Å². The largest absolute Gasteiger partial charge is 0.361 e. The van der Waals surface area contributed by atoms with Gasteiger partial charge in [0.2, 0.25) is 0 Å². The Bertz CT molecular complexity index is 256. The molecule has 0 N–H and O–H groups in total. The van der Waals surface area contributed by atoms with Crippen LogP contribution >= 0.6 is 0 Å². The summed E-state index contributed by atoms with van der Waals surface area (Å²) in [6.07, 6.45) is 0. The highest BCUT2D eigenvalue weighted by molar-refractivity contribution is 5.15. The number of rotatable bonds is 1. The molecule has 0 aromatic carbocycles. The molecular formula is C14H29NO. The van der Waals surface area contributed by atoms with E-state index in [1.165, 1.54) is 0 Å². The first-order valence-electron chi connectivity index (χ1n) is 6.38. The number of hydrogen-bond acceptors (Lipinski definition) is 2. The van der Waals surface area contributed by atoms with E-state index < -0.39 is 0 Å². The number of aromatic nitrogens is 1. The van der Waals surface area contributed by atoms with Gasteiger partial charge in [-0.2, -0.15) is 0 Å². The maximum atomic E-state index is 5.24. The Kier molecular flexibility index (Phi) is 9.21. The molecule has 1 heterocycles. The molecular weight excluding hydrogens is 198 g/mol. The van der Waals surface area contributed by atoms with E-state index >= 15 is 0 Å². The van der Waals surface area contributed by atoms with Crippen molar-refractivity contribution >= 4 is 0 Å². The highest BCUT2D eigenvalue weighted by Crippen LogP contribution is 2.24. The predicted molar refractivity (Wildman–Crippen MR) is 72.0 cm³/mol. The molecule has 0 saturated heterocycles. The third-order valence-electron chi connectivity index (χ3n) is 1.86. The van der Waals surface area contributed by atoms with E-state index in [0.717, 1.165) is 11.5 Å². The summed E-state index contributed by atoms with van der Waals surface area (Å²) >= 11 is 0. The van der Waals surface area contributed by atoms with Crippen LogP contribution in [-0.2, 0) is 5.41 Å². The Morgan fingerprint density at radius 2 is 1.50 bits per heavy atom. The van der Waals surface area contributed by atoms with Gasteiger partial charge >= 0.3 is 0 Å². The molecule has 0 aliphatic heterocycles. The summed E-state index contributed by atoms with van der Waals surface area (Å²) in [4.78, 5) is 0. The molecule has 0 atom stereocenters. The molecule has 2 nitrogen and oxygen atoms in total. The quantitative estimate of drug-likeness (QED) is 0.663. The van der Waals surface area contributed by atoms with Crippen LogP contribution in [0.4, 0.5) is 0 Å². The van der Waals surface area contributed by atoms with E-state index in [0.29, 0.717) is 5.92 Å². The lowest BCUT2D eigenvalue weighted by molar-refractivity contribution is 0.324. The van der Waals surface area contributed by atoms with Gasteiger partial charge in [-0.15, -0.1) is 0 Å². The maximum absolute atomic E-state index is 5.24. The molecule has 0 amide bonds. The topological polar surface area (TPSA) is 26.0 Å². The average molecular weight is 227 g/mol. The zero-order valence-electron chi connectivity index (χ0n) is 12.5. The van der Waals surface area contributed by atoms with Crippen LogP contribution in [-0.4, -0.2) is 5.16 Å². The first-order valence-corrected chi connectivity index (χ1v) is 6.38. The fourth-order valence-corrected chi connectivity index (χ4v) is 0.914. The van der Waals surface area contributed by atoms with Crippen molar-refractivity contribution in [2.24, 2.45) is 0 Å². The lowest BCUT2D eigenvalue weighted by Crippen LogP contribution is -2.09. The van der Waals surface area contributed by atoms with Crippen LogP contribution in [0.5, 0.6) is 0 Å². The predicted octanol–water partition coefficient (Wildman–Crippen LogP) is 5.15. The monoisotopic (exact) mass is 227 g/mol. The molecule has 96 valence electrons. The van der Waals surface area contributed by atoms with E-state index in [9.17, 15) is 0 Å². The van der Waals surface area contributed by atoms with Gasteiger partial charge in [0.25, 0.3) is 0 Å². The normalized spacial score (nSPS) is 10.1. The summed E-state index contributed by atoms with van der Waals surface area (Å²) in [5.41, 5.74) is 1.11. The van der Waals surface area contributed by atoms with E-state index in [-0.39, 0.29) is 5.41 Å². The van der Waals surface area contributed by atoms with Gasteiger partial charge < -0.3 is 4.52 Å². The van der Waals surface area contributed by atoms with E-state index in [4.69, 9.17) is 4.52 Å². The van der Waals surface area contributed by atoms with Crippen molar-refractivity contribution in [3.63, 3.8) is 0 Å². The zero-order chi connectivity index (χ0) is 13.4. The van der Waals surface area contributed by atoms with Crippen molar-refractivity contribution in [3.05, 3.63) is 17.5 Å². The highest BCUT2D eigenvalue weighted by atomic mass is 16.5. The second kappa shape index (κ2) is 8.37. The zero-order valence-corrected chi connectivity index (χ0v) is 12.5. The van der Waals surface area contributed by atoms with Gasteiger partial charge in [0.05, 0.1) is 5.69 Å². The average Bonchev–Trinajstić information content (AvgIpc) is 2.72. The van der Waals surface area contributed by atoms with Crippen LogP contribution in [0.25, 0.3) is 0 Å². The van der Waals surface area contributed by atoms with Crippen LogP contribution in [0, 0.1) is 0 Å². The number of hydrogen-bond donors (Lipinski definition) is 0. The fourth-order valence-electron chi connectivity index (χ4n) is 0.914. The van der Waals surface area contributed by atoms with Crippen LogP contribution in [0.15, 0.2) is 10.6 Å². The molecule has 0 fully saturated rings. The Labute approximate surface area is 101 Å². The molecule has 1 aromatic heterocycles. The Balaban J connectivity index is 0. The van der Waals surface area contributed by atoms with Crippen LogP contribution in [0.2, 0.25) is 0 Å². The SMILES string of the molecule is CC.CC.CC(C)c1cc(C(C)(C)C)on1. The van der Waals surface area contributed by atoms with Gasteiger partial charge in [0.15, 0.2) is 0 Å². The van der Waals surface area contributed by atoms with Gasteiger partial charge in [-0.3, -0.25) is 0 Å². The Hall–Kier alpha value is -0.790. The van der Waals surface area contributed by atoms with Gasteiger partial charge in [-0.25, -0.2) is 0 Å². The van der Waals surface area contributed by atoms with Gasteiger partial charge in [-0.1, -0.05) is 67.5 Å². The standard InChI is InChI=1S/C10H17NO.2C2H6/c1-7(2)8-6-9(12-11-8)10(3,4)5;2*1-2/h6-7H,1-5H3;2*1-2H3. The summed E-state index contributed by atoms with van der Waals surface area (Å²) in [6, 6.07) is 2.05. The lowest BCUT2D eigenvalue weighted by atomic mass is 9.92. The van der Waals surface area contributed by atoms with E-state index in [2.05, 4.69) is 39.8 Å². The molecule has 16 heavy (non-hydrogen) atoms. The van der Waals surface area contributed by atoms with Crippen LogP contribution < -0.4 is 0 Å². The van der Waals surface area contributed by atoms with Crippen LogP contribution in [0.3, 0.4) is 0 Å². The Morgan fingerprint density at radius 3 is 1.69 bits per heavy atom. The maximum Gasteiger partial charge on any atom is 0.142 e. The molecule has 0 aliphatic carbocycles. The van der Waals surface area contributed by atoms with E-state index in [1.807, 2.05) is 33.8 Å². The number of nitrogens with zero attached hydrogens (tertiary/aromatic N) is 1. The van der Waals surface area contributed by atoms with Gasteiger partial charge in [0, 0.05) is 11.5 Å².